The number of piperazine rings is 2. The molecule has 6 aliphatic rings. The lowest BCUT2D eigenvalue weighted by atomic mass is 9.54. The quantitative estimate of drug-likeness (QED) is 0.257. The number of hydrogen-bond donors (Lipinski definition) is 4. The third-order valence-electron chi connectivity index (χ3n) is 12.4. The minimum Gasteiger partial charge on any atom is -0.364 e. The van der Waals surface area contributed by atoms with Gasteiger partial charge in [0.2, 0.25) is 23.6 Å². The number of carbonyl (C=O) groups excluding carboxylic acids is 4. The Hall–Kier alpha value is -5.71. The highest BCUT2D eigenvalue weighted by Crippen LogP contribution is 2.68. The van der Waals surface area contributed by atoms with Crippen LogP contribution in [0.1, 0.15) is 35.1 Å². The van der Waals surface area contributed by atoms with Crippen molar-refractivity contribution in [1.82, 2.24) is 20.4 Å². The summed E-state index contributed by atoms with van der Waals surface area (Å²) in [6.07, 6.45) is -0.398. The molecule has 4 amide bonds. The van der Waals surface area contributed by atoms with Gasteiger partial charge in [0.05, 0.1) is 10.8 Å². The van der Waals surface area contributed by atoms with E-state index in [0.29, 0.717) is 18.4 Å². The zero-order valence-electron chi connectivity index (χ0n) is 27.5. The molecule has 6 heterocycles. The van der Waals surface area contributed by atoms with Crippen LogP contribution in [0.2, 0.25) is 0 Å². The van der Waals surface area contributed by atoms with Crippen LogP contribution in [-0.2, 0) is 42.8 Å². The maximum Gasteiger partial charge on any atom is 0.247 e. The molecule has 10 rings (SSSR count). The highest BCUT2D eigenvalue weighted by Gasteiger charge is 2.78. The van der Waals surface area contributed by atoms with E-state index in [-0.39, 0.29) is 36.5 Å². The molecular formula is C40H35FN6O4. The first kappa shape index (κ1) is 30.1. The number of halogens is 1. The lowest BCUT2D eigenvalue weighted by Gasteiger charge is -2.48. The maximum absolute atomic E-state index is 14.8. The Bertz CT molecular complexity index is 2160. The Morgan fingerprint density at radius 2 is 1.04 bits per heavy atom. The van der Waals surface area contributed by atoms with Gasteiger partial charge in [-0.2, -0.15) is 0 Å². The molecule has 4 aromatic rings. The zero-order chi connectivity index (χ0) is 34.6. The summed E-state index contributed by atoms with van der Waals surface area (Å²) < 4.78 is 14.8. The first-order valence-electron chi connectivity index (χ1n) is 17.6. The summed E-state index contributed by atoms with van der Waals surface area (Å²) in [5.41, 5.74) is 3.00. The minimum atomic E-state index is -0.963. The van der Waals surface area contributed by atoms with Crippen LogP contribution >= 0.6 is 0 Å². The van der Waals surface area contributed by atoms with Crippen LogP contribution in [0, 0.1) is 5.82 Å². The van der Waals surface area contributed by atoms with Crippen LogP contribution < -0.4 is 21.3 Å². The lowest BCUT2D eigenvalue weighted by Crippen LogP contribution is -2.67. The second-order valence-electron chi connectivity index (χ2n) is 14.7. The monoisotopic (exact) mass is 682 g/mol. The molecule has 6 aliphatic heterocycles. The van der Waals surface area contributed by atoms with Crippen molar-refractivity contribution in [2.75, 3.05) is 10.6 Å². The molecule has 8 atom stereocenters. The van der Waals surface area contributed by atoms with Crippen LogP contribution in [0.25, 0.3) is 0 Å². The van der Waals surface area contributed by atoms with E-state index in [4.69, 9.17) is 0 Å². The van der Waals surface area contributed by atoms with E-state index in [0.717, 1.165) is 28.1 Å². The van der Waals surface area contributed by atoms with Crippen LogP contribution in [0.5, 0.6) is 0 Å². The van der Waals surface area contributed by atoms with E-state index < -0.39 is 53.1 Å². The highest BCUT2D eigenvalue weighted by molar-refractivity contribution is 6.01. The number of benzene rings is 4. The van der Waals surface area contributed by atoms with Crippen molar-refractivity contribution in [3.8, 4) is 0 Å². The topological polar surface area (TPSA) is 123 Å². The summed E-state index contributed by atoms with van der Waals surface area (Å²) in [5.74, 6) is -1.42. The Morgan fingerprint density at radius 3 is 1.59 bits per heavy atom. The summed E-state index contributed by atoms with van der Waals surface area (Å²) in [4.78, 5) is 61.0. The predicted molar refractivity (Wildman–Crippen MR) is 186 cm³/mol. The summed E-state index contributed by atoms with van der Waals surface area (Å²) in [6, 6.07) is 28.5. The van der Waals surface area contributed by atoms with Crippen molar-refractivity contribution in [2.45, 2.75) is 73.0 Å². The fourth-order valence-corrected chi connectivity index (χ4v) is 10.4. The summed E-state index contributed by atoms with van der Waals surface area (Å²) in [6.45, 7) is 0. The summed E-state index contributed by atoms with van der Waals surface area (Å²) in [7, 11) is 0. The number of rotatable bonds is 5. The van der Waals surface area contributed by atoms with Gasteiger partial charge in [-0.15, -0.1) is 0 Å². The molecule has 0 aliphatic carbocycles. The predicted octanol–water partition coefficient (Wildman–Crippen LogP) is 3.19. The molecule has 0 saturated carbocycles. The molecular weight excluding hydrogens is 647 g/mol. The molecule has 0 aromatic heterocycles. The molecule has 4 fully saturated rings. The van der Waals surface area contributed by atoms with Gasteiger partial charge in [0.15, 0.2) is 0 Å². The van der Waals surface area contributed by atoms with Gasteiger partial charge in [-0.3, -0.25) is 19.2 Å². The Kier molecular flexibility index (Phi) is 6.29. The summed E-state index contributed by atoms with van der Waals surface area (Å²) in [5, 5.41) is 13.3. The molecule has 1 unspecified atom stereocenters. The van der Waals surface area contributed by atoms with Gasteiger partial charge < -0.3 is 31.1 Å². The van der Waals surface area contributed by atoms with E-state index in [9.17, 15) is 23.6 Å². The molecule has 0 bridgehead atoms. The van der Waals surface area contributed by atoms with Gasteiger partial charge in [-0.05, 0) is 53.3 Å². The smallest absolute Gasteiger partial charge is 0.247 e. The first-order valence-corrected chi connectivity index (χ1v) is 17.6. The highest BCUT2D eigenvalue weighted by atomic mass is 19.1. The van der Waals surface area contributed by atoms with Gasteiger partial charge >= 0.3 is 0 Å². The number of fused-ring (bicyclic) bond motifs is 11. The number of nitrogens with one attached hydrogen (secondary N) is 4. The maximum atomic E-state index is 14.8. The third kappa shape index (κ3) is 3.91. The number of nitrogens with zero attached hydrogens (tertiary/aromatic N) is 2. The summed E-state index contributed by atoms with van der Waals surface area (Å²) >= 11 is 0. The third-order valence-corrected chi connectivity index (χ3v) is 12.4. The van der Waals surface area contributed by atoms with E-state index in [2.05, 4.69) is 27.3 Å². The molecule has 10 nitrogen and oxygen atoms in total. The van der Waals surface area contributed by atoms with Crippen molar-refractivity contribution >= 4 is 35.0 Å². The first-order chi connectivity index (χ1) is 24.8. The number of amides is 4. The molecule has 11 heteroatoms. The molecule has 0 radical (unpaired) electrons. The molecule has 4 aromatic carbocycles. The van der Waals surface area contributed by atoms with Crippen LogP contribution in [0.15, 0.2) is 103 Å². The van der Waals surface area contributed by atoms with E-state index in [1.54, 1.807) is 28.0 Å². The van der Waals surface area contributed by atoms with E-state index >= 15 is 0 Å². The number of hydrogen-bond acceptors (Lipinski definition) is 6. The average molecular weight is 683 g/mol. The normalized spacial score (nSPS) is 32.5. The van der Waals surface area contributed by atoms with Crippen LogP contribution in [0.4, 0.5) is 15.8 Å². The van der Waals surface area contributed by atoms with Crippen molar-refractivity contribution in [3.63, 3.8) is 0 Å². The van der Waals surface area contributed by atoms with Gasteiger partial charge in [-0.1, -0.05) is 84.9 Å². The Morgan fingerprint density at radius 1 is 0.569 bits per heavy atom. The molecule has 51 heavy (non-hydrogen) atoms. The van der Waals surface area contributed by atoms with Crippen LogP contribution in [-0.4, -0.2) is 69.9 Å². The minimum absolute atomic E-state index is 0.0125. The fourth-order valence-electron chi connectivity index (χ4n) is 10.4. The van der Waals surface area contributed by atoms with Gasteiger partial charge in [0.1, 0.15) is 42.3 Å². The van der Waals surface area contributed by atoms with Crippen LogP contribution in [0.3, 0.4) is 0 Å². The van der Waals surface area contributed by atoms with Crippen molar-refractivity contribution in [3.05, 3.63) is 131 Å². The molecule has 0 spiro atoms. The standard InChI is InChI=1S/C40H35FN6O4/c41-26-15-7-4-12-23(26)19-30-36(51)47-32(34(49)43-30)21-40(25-14-6-9-17-28(25)45-38(40)47)39-20-31-33(48)42-29(18-22-10-2-1-3-11-22)35(50)46(31)37(39)44-27-16-8-5-13-24(27)39/h1-17,29-32,37-38,44-45H,18-21H2,(H,42,48)(H,43,49)/t29-,30-,31-,32-,37+,38?,39-,40+/m0/s1. The zero-order valence-corrected chi connectivity index (χ0v) is 27.5. The fraction of sp³-hybridized carbons (Fsp3) is 0.300. The molecule has 4 N–H and O–H groups in total. The number of carbonyl (C=O) groups is 4. The van der Waals surface area contributed by atoms with Gasteiger partial charge in [0.25, 0.3) is 0 Å². The van der Waals surface area contributed by atoms with Gasteiger partial charge in [-0.25, -0.2) is 4.39 Å². The molecule has 256 valence electrons. The number of para-hydroxylation sites is 2. The van der Waals surface area contributed by atoms with E-state index in [1.807, 2.05) is 72.8 Å². The lowest BCUT2D eigenvalue weighted by molar-refractivity contribution is -0.149. The van der Waals surface area contributed by atoms with Crippen molar-refractivity contribution < 1.29 is 23.6 Å². The van der Waals surface area contributed by atoms with E-state index in [1.165, 1.54) is 6.07 Å². The Balaban J connectivity index is 1.12. The second-order valence-corrected chi connectivity index (χ2v) is 14.7. The largest absolute Gasteiger partial charge is 0.364 e. The number of anilines is 2. The van der Waals surface area contributed by atoms with Crippen molar-refractivity contribution in [2.24, 2.45) is 0 Å². The van der Waals surface area contributed by atoms with Gasteiger partial charge in [0, 0.05) is 24.2 Å². The second kappa shape index (κ2) is 10.6. The molecule has 4 saturated heterocycles. The SMILES string of the molecule is O=C1N[C@@H](Cc2ccccc2F)C(=O)N2C3Nc4ccccc4[C@]3([C@]34C[C@H]5C(=O)N[C@@H](Cc6ccccc6)C(=O)N5[C@H]3Nc3ccccc34)C[C@@H]12. The van der Waals surface area contributed by atoms with Crippen molar-refractivity contribution in [1.29, 1.82) is 0 Å². The average Bonchev–Trinajstić information content (AvgIpc) is 3.85. The Labute approximate surface area is 293 Å².